The molecule has 1 atom stereocenters. The zero-order valence-corrected chi connectivity index (χ0v) is 14.9. The highest BCUT2D eigenvalue weighted by atomic mass is 16.2. The summed E-state index contributed by atoms with van der Waals surface area (Å²) in [5.74, 6) is 2.69. The first-order valence-electron chi connectivity index (χ1n) is 9.82. The van der Waals surface area contributed by atoms with Gasteiger partial charge in [0.1, 0.15) is 6.04 Å². The van der Waals surface area contributed by atoms with E-state index in [2.05, 4.69) is 10.6 Å². The molecule has 3 amide bonds. The number of hydrogen-bond acceptors (Lipinski definition) is 2. The summed E-state index contributed by atoms with van der Waals surface area (Å²) in [5, 5.41) is 5.86. The second-order valence-corrected chi connectivity index (χ2v) is 9.06. The fourth-order valence-corrected chi connectivity index (χ4v) is 6.39. The fraction of sp³-hybridized carbons (Fsp3) is 0.895. The monoisotopic (exact) mass is 333 g/mol. The lowest BCUT2D eigenvalue weighted by Crippen LogP contribution is -2.55. The molecule has 5 aliphatic rings. The van der Waals surface area contributed by atoms with Crippen molar-refractivity contribution in [3.8, 4) is 0 Å². The average Bonchev–Trinajstić information content (AvgIpc) is 2.70. The Balaban J connectivity index is 1.36. The van der Waals surface area contributed by atoms with E-state index in [1.807, 2.05) is 11.9 Å². The van der Waals surface area contributed by atoms with Crippen molar-refractivity contribution in [2.75, 3.05) is 20.1 Å². The van der Waals surface area contributed by atoms with E-state index in [0.29, 0.717) is 5.41 Å². The van der Waals surface area contributed by atoms with Gasteiger partial charge in [0.2, 0.25) is 5.91 Å². The van der Waals surface area contributed by atoms with Crippen molar-refractivity contribution in [3.63, 3.8) is 0 Å². The highest BCUT2D eigenvalue weighted by Gasteiger charge is 2.51. The van der Waals surface area contributed by atoms with E-state index in [4.69, 9.17) is 0 Å². The van der Waals surface area contributed by atoms with Gasteiger partial charge in [0, 0.05) is 20.1 Å². The number of nitrogens with one attached hydrogen (secondary N) is 2. The van der Waals surface area contributed by atoms with Crippen LogP contribution in [0.3, 0.4) is 0 Å². The predicted molar refractivity (Wildman–Crippen MR) is 92.4 cm³/mol. The van der Waals surface area contributed by atoms with Crippen LogP contribution in [0.25, 0.3) is 0 Å². The molecule has 0 aromatic carbocycles. The van der Waals surface area contributed by atoms with Crippen LogP contribution in [0.2, 0.25) is 0 Å². The molecule has 0 radical (unpaired) electrons. The molecule has 5 nitrogen and oxygen atoms in total. The molecule has 1 heterocycles. The van der Waals surface area contributed by atoms with Gasteiger partial charge in [-0.05, 0) is 81.0 Å². The van der Waals surface area contributed by atoms with Crippen LogP contribution in [-0.2, 0) is 4.79 Å². The predicted octanol–water partition coefficient (Wildman–Crippen LogP) is 2.51. The van der Waals surface area contributed by atoms with E-state index in [0.717, 1.165) is 50.1 Å². The standard InChI is InChI=1S/C19H31N3O2/c1-22(18(24)21-16-4-2-3-5-20-17(16)23)12-19-9-13-6-14(10-19)8-15(7-13)11-19/h13-16H,2-12H2,1H3,(H,20,23)(H,21,24)/t13?,14?,15?,16-,19?/m0/s1. The Morgan fingerprint density at radius 3 is 2.42 bits per heavy atom. The van der Waals surface area contributed by atoms with Crippen LogP contribution in [-0.4, -0.2) is 43.0 Å². The lowest BCUT2D eigenvalue weighted by Gasteiger charge is -2.57. The normalized spacial score (nSPS) is 40.8. The maximum Gasteiger partial charge on any atom is 0.317 e. The molecule has 5 rings (SSSR count). The van der Waals surface area contributed by atoms with Gasteiger partial charge < -0.3 is 15.5 Å². The number of carbonyl (C=O) groups is 2. The Labute approximate surface area is 144 Å². The van der Waals surface area contributed by atoms with Crippen molar-refractivity contribution in [2.24, 2.45) is 23.2 Å². The van der Waals surface area contributed by atoms with Gasteiger partial charge in [-0.2, -0.15) is 0 Å². The van der Waals surface area contributed by atoms with Gasteiger partial charge in [0.15, 0.2) is 0 Å². The number of carbonyl (C=O) groups excluding carboxylic acids is 2. The van der Waals surface area contributed by atoms with E-state index in [-0.39, 0.29) is 18.0 Å². The minimum atomic E-state index is -0.362. The van der Waals surface area contributed by atoms with Crippen LogP contribution in [0.4, 0.5) is 4.79 Å². The summed E-state index contributed by atoms with van der Waals surface area (Å²) < 4.78 is 0. The molecule has 0 aromatic heterocycles. The van der Waals surface area contributed by atoms with Crippen LogP contribution < -0.4 is 10.6 Å². The number of hydrogen-bond donors (Lipinski definition) is 2. The molecular formula is C19H31N3O2. The Bertz CT molecular complexity index is 483. The Kier molecular flexibility index (Phi) is 4.21. The van der Waals surface area contributed by atoms with Crippen LogP contribution in [0, 0.1) is 23.2 Å². The molecule has 5 fully saturated rings. The van der Waals surface area contributed by atoms with Gasteiger partial charge in [-0.25, -0.2) is 4.79 Å². The van der Waals surface area contributed by atoms with E-state index in [1.165, 1.54) is 38.5 Å². The number of urea groups is 1. The molecule has 1 saturated heterocycles. The van der Waals surface area contributed by atoms with Gasteiger partial charge in [0.05, 0.1) is 0 Å². The number of rotatable bonds is 3. The van der Waals surface area contributed by atoms with Crippen molar-refractivity contribution < 1.29 is 9.59 Å². The Morgan fingerprint density at radius 1 is 1.17 bits per heavy atom. The largest absolute Gasteiger partial charge is 0.354 e. The second-order valence-electron chi connectivity index (χ2n) is 9.06. The molecule has 0 unspecified atom stereocenters. The third-order valence-electron chi connectivity index (χ3n) is 6.92. The minimum absolute atomic E-state index is 0.0240. The first kappa shape index (κ1) is 16.2. The third kappa shape index (κ3) is 3.14. The van der Waals surface area contributed by atoms with Gasteiger partial charge in [-0.3, -0.25) is 4.79 Å². The molecule has 134 valence electrons. The second kappa shape index (κ2) is 6.23. The minimum Gasteiger partial charge on any atom is -0.354 e. The maximum atomic E-state index is 12.6. The Morgan fingerprint density at radius 2 is 1.79 bits per heavy atom. The van der Waals surface area contributed by atoms with Crippen molar-refractivity contribution in [1.82, 2.24) is 15.5 Å². The van der Waals surface area contributed by atoms with Crippen LogP contribution >= 0.6 is 0 Å². The summed E-state index contributed by atoms with van der Waals surface area (Å²) in [4.78, 5) is 26.5. The lowest BCUT2D eigenvalue weighted by molar-refractivity contribution is -0.122. The topological polar surface area (TPSA) is 61.4 Å². The zero-order chi connectivity index (χ0) is 16.7. The summed E-state index contributed by atoms with van der Waals surface area (Å²) in [5.41, 5.74) is 0.354. The molecule has 5 heteroatoms. The molecule has 2 N–H and O–H groups in total. The van der Waals surface area contributed by atoms with E-state index in [9.17, 15) is 9.59 Å². The maximum absolute atomic E-state index is 12.6. The van der Waals surface area contributed by atoms with Gasteiger partial charge in [-0.1, -0.05) is 0 Å². The van der Waals surface area contributed by atoms with Gasteiger partial charge in [-0.15, -0.1) is 0 Å². The van der Waals surface area contributed by atoms with Crippen molar-refractivity contribution >= 4 is 11.9 Å². The van der Waals surface area contributed by atoms with Crippen LogP contribution in [0.15, 0.2) is 0 Å². The molecule has 0 aromatic rings. The van der Waals surface area contributed by atoms with Crippen molar-refractivity contribution in [2.45, 2.75) is 63.8 Å². The average molecular weight is 333 g/mol. The number of amides is 3. The lowest BCUT2D eigenvalue weighted by atomic mass is 9.49. The van der Waals surface area contributed by atoms with Crippen LogP contribution in [0.1, 0.15) is 57.8 Å². The third-order valence-corrected chi connectivity index (χ3v) is 6.92. The van der Waals surface area contributed by atoms with Crippen LogP contribution in [0.5, 0.6) is 0 Å². The van der Waals surface area contributed by atoms with E-state index >= 15 is 0 Å². The summed E-state index contributed by atoms with van der Waals surface area (Å²) in [6.45, 7) is 1.59. The highest BCUT2D eigenvalue weighted by Crippen LogP contribution is 2.60. The SMILES string of the molecule is CN(CC12CC3CC(CC(C3)C1)C2)C(=O)N[C@H]1CCCCNC1=O. The van der Waals surface area contributed by atoms with Crippen molar-refractivity contribution in [1.29, 1.82) is 0 Å². The molecule has 4 aliphatic carbocycles. The fourth-order valence-electron chi connectivity index (χ4n) is 6.39. The molecule has 24 heavy (non-hydrogen) atoms. The molecule has 4 bridgehead atoms. The summed E-state index contributed by atoms with van der Waals surface area (Å²) in [7, 11) is 1.91. The summed E-state index contributed by atoms with van der Waals surface area (Å²) in [6, 6.07) is -0.438. The molecular weight excluding hydrogens is 302 g/mol. The molecule has 4 saturated carbocycles. The Hall–Kier alpha value is -1.26. The first-order chi connectivity index (χ1) is 11.5. The molecule has 0 spiro atoms. The van der Waals surface area contributed by atoms with E-state index in [1.54, 1.807) is 0 Å². The van der Waals surface area contributed by atoms with E-state index < -0.39 is 0 Å². The first-order valence-corrected chi connectivity index (χ1v) is 9.82. The number of nitrogens with zero attached hydrogens (tertiary/aromatic N) is 1. The smallest absolute Gasteiger partial charge is 0.317 e. The zero-order valence-electron chi connectivity index (χ0n) is 14.9. The quantitative estimate of drug-likeness (QED) is 0.834. The molecule has 1 aliphatic heterocycles. The van der Waals surface area contributed by atoms with Gasteiger partial charge in [0.25, 0.3) is 0 Å². The highest BCUT2D eigenvalue weighted by molar-refractivity contribution is 5.87. The van der Waals surface area contributed by atoms with Crippen molar-refractivity contribution in [3.05, 3.63) is 0 Å². The summed E-state index contributed by atoms with van der Waals surface area (Å²) in [6.07, 6.45) is 10.9. The summed E-state index contributed by atoms with van der Waals surface area (Å²) >= 11 is 0. The van der Waals surface area contributed by atoms with Gasteiger partial charge >= 0.3 is 6.03 Å².